The van der Waals surface area contributed by atoms with Crippen molar-refractivity contribution in [2.24, 2.45) is 0 Å². The van der Waals surface area contributed by atoms with Gasteiger partial charge in [-0.05, 0) is 12.1 Å². The molecule has 0 aliphatic carbocycles. The summed E-state index contributed by atoms with van der Waals surface area (Å²) < 4.78 is 0. The van der Waals surface area contributed by atoms with Crippen molar-refractivity contribution in [2.75, 3.05) is 17.7 Å². The number of nitrogens with two attached hydrogens (primary N) is 1. The van der Waals surface area contributed by atoms with Crippen LogP contribution in [-0.2, 0) is 4.79 Å². The summed E-state index contributed by atoms with van der Waals surface area (Å²) in [5.41, 5.74) is 7.04. The van der Waals surface area contributed by atoms with Crippen LogP contribution in [-0.4, -0.2) is 13.0 Å². The van der Waals surface area contributed by atoms with Gasteiger partial charge in [-0.25, -0.2) is 0 Å². The molecule has 64 valence electrons. The van der Waals surface area contributed by atoms with Gasteiger partial charge in [-0.3, -0.25) is 4.79 Å². The predicted molar refractivity (Wildman–Crippen MR) is 49.9 cm³/mol. The second-order valence-electron chi connectivity index (χ2n) is 2.64. The zero-order valence-electron chi connectivity index (χ0n) is 7.24. The van der Waals surface area contributed by atoms with E-state index in [9.17, 15) is 4.79 Å². The number of carbonyl (C=O) groups is 1. The Hall–Kier alpha value is -1.51. The number of carbonyl (C=O) groups excluding carboxylic acids is 1. The summed E-state index contributed by atoms with van der Waals surface area (Å²) in [6.45, 7) is 1.51. The van der Waals surface area contributed by atoms with Crippen molar-refractivity contribution in [3.63, 3.8) is 0 Å². The quantitative estimate of drug-likeness (QED) is 0.635. The number of para-hydroxylation sites is 2. The number of hydrogen-bond donors (Lipinski definition) is 1. The summed E-state index contributed by atoms with van der Waals surface area (Å²) in [6.07, 6.45) is 0. The summed E-state index contributed by atoms with van der Waals surface area (Å²) in [5, 5.41) is 0. The van der Waals surface area contributed by atoms with Crippen molar-refractivity contribution in [2.45, 2.75) is 6.92 Å². The van der Waals surface area contributed by atoms with E-state index in [2.05, 4.69) is 0 Å². The fraction of sp³-hybridized carbons (Fsp3) is 0.222. The van der Waals surface area contributed by atoms with Gasteiger partial charge in [0.05, 0.1) is 11.4 Å². The third-order valence-corrected chi connectivity index (χ3v) is 1.77. The van der Waals surface area contributed by atoms with E-state index in [0.717, 1.165) is 5.69 Å². The summed E-state index contributed by atoms with van der Waals surface area (Å²) >= 11 is 0. The molecule has 0 saturated carbocycles. The van der Waals surface area contributed by atoms with E-state index in [4.69, 9.17) is 5.73 Å². The van der Waals surface area contributed by atoms with Crippen LogP contribution < -0.4 is 10.6 Å². The normalized spacial score (nSPS) is 9.50. The van der Waals surface area contributed by atoms with Crippen molar-refractivity contribution >= 4 is 17.3 Å². The molecule has 0 bridgehead atoms. The van der Waals surface area contributed by atoms with Crippen LogP contribution in [0.15, 0.2) is 24.3 Å². The van der Waals surface area contributed by atoms with Gasteiger partial charge in [-0.1, -0.05) is 12.1 Å². The van der Waals surface area contributed by atoms with Gasteiger partial charge in [0.1, 0.15) is 0 Å². The molecular weight excluding hydrogens is 152 g/mol. The van der Waals surface area contributed by atoms with Gasteiger partial charge in [0, 0.05) is 14.0 Å². The van der Waals surface area contributed by atoms with Crippen LogP contribution in [0.5, 0.6) is 0 Å². The summed E-state index contributed by atoms with van der Waals surface area (Å²) in [6, 6.07) is 7.28. The Morgan fingerprint density at radius 2 is 2.00 bits per heavy atom. The number of hydrogen-bond acceptors (Lipinski definition) is 2. The lowest BCUT2D eigenvalue weighted by Gasteiger charge is -2.16. The van der Waals surface area contributed by atoms with Crippen molar-refractivity contribution < 1.29 is 4.79 Å². The zero-order chi connectivity index (χ0) is 9.14. The zero-order valence-corrected chi connectivity index (χ0v) is 7.24. The average Bonchev–Trinajstić information content (AvgIpc) is 2.04. The van der Waals surface area contributed by atoms with E-state index in [1.165, 1.54) is 11.8 Å². The first-order valence-electron chi connectivity index (χ1n) is 3.71. The van der Waals surface area contributed by atoms with Crippen LogP contribution in [0.25, 0.3) is 0 Å². The topological polar surface area (TPSA) is 46.3 Å². The van der Waals surface area contributed by atoms with E-state index in [-0.39, 0.29) is 5.91 Å². The highest BCUT2D eigenvalue weighted by Gasteiger charge is 2.06. The Morgan fingerprint density at radius 1 is 1.42 bits per heavy atom. The third-order valence-electron chi connectivity index (χ3n) is 1.77. The summed E-state index contributed by atoms with van der Waals surface area (Å²) in [4.78, 5) is 12.5. The molecule has 0 aliphatic rings. The fourth-order valence-electron chi connectivity index (χ4n) is 0.963. The standard InChI is InChI=1S/C9H12N2O/c1-7(12)11(2)9-6-4-3-5-8(9)10/h3-6H,10H2,1-2H3. The maximum absolute atomic E-state index is 11.0. The van der Waals surface area contributed by atoms with Gasteiger partial charge in [0.25, 0.3) is 0 Å². The molecule has 0 saturated heterocycles. The van der Waals surface area contributed by atoms with Gasteiger partial charge in [0.15, 0.2) is 0 Å². The SMILES string of the molecule is CC(=O)N(C)c1ccccc1N. The van der Waals surface area contributed by atoms with Gasteiger partial charge in [-0.15, -0.1) is 0 Å². The number of nitrogen functional groups attached to an aromatic ring is 1. The molecule has 0 fully saturated rings. The smallest absolute Gasteiger partial charge is 0.223 e. The number of benzene rings is 1. The van der Waals surface area contributed by atoms with Crippen molar-refractivity contribution in [3.8, 4) is 0 Å². The highest BCUT2D eigenvalue weighted by molar-refractivity contribution is 5.94. The second-order valence-corrected chi connectivity index (χ2v) is 2.64. The van der Waals surface area contributed by atoms with Crippen LogP contribution in [0.3, 0.4) is 0 Å². The molecule has 1 aromatic carbocycles. The molecule has 0 atom stereocenters. The molecule has 0 unspecified atom stereocenters. The molecule has 0 radical (unpaired) electrons. The van der Waals surface area contributed by atoms with Crippen molar-refractivity contribution in [1.82, 2.24) is 0 Å². The third kappa shape index (κ3) is 1.56. The fourth-order valence-corrected chi connectivity index (χ4v) is 0.963. The highest BCUT2D eigenvalue weighted by Crippen LogP contribution is 2.20. The largest absolute Gasteiger partial charge is 0.397 e. The molecule has 1 rings (SSSR count). The molecule has 0 aromatic heterocycles. The molecule has 0 spiro atoms. The Kier molecular flexibility index (Phi) is 2.33. The van der Waals surface area contributed by atoms with Crippen LogP contribution in [0.4, 0.5) is 11.4 Å². The minimum atomic E-state index is -0.0205. The number of anilines is 2. The maximum Gasteiger partial charge on any atom is 0.223 e. The molecule has 0 heterocycles. The van der Waals surface area contributed by atoms with E-state index in [0.29, 0.717) is 5.69 Å². The van der Waals surface area contributed by atoms with Gasteiger partial charge >= 0.3 is 0 Å². The maximum atomic E-state index is 11.0. The monoisotopic (exact) mass is 164 g/mol. The van der Waals surface area contributed by atoms with Crippen molar-refractivity contribution in [3.05, 3.63) is 24.3 Å². The van der Waals surface area contributed by atoms with Crippen LogP contribution in [0, 0.1) is 0 Å². The molecule has 1 amide bonds. The van der Waals surface area contributed by atoms with Crippen LogP contribution in [0.1, 0.15) is 6.92 Å². The number of amides is 1. The minimum absolute atomic E-state index is 0.0205. The van der Waals surface area contributed by atoms with Gasteiger partial charge in [-0.2, -0.15) is 0 Å². The van der Waals surface area contributed by atoms with E-state index < -0.39 is 0 Å². The molecule has 1 aromatic rings. The van der Waals surface area contributed by atoms with E-state index in [1.54, 1.807) is 13.1 Å². The minimum Gasteiger partial charge on any atom is -0.397 e. The molecule has 3 heteroatoms. The van der Waals surface area contributed by atoms with Crippen molar-refractivity contribution in [1.29, 1.82) is 0 Å². The van der Waals surface area contributed by atoms with Crippen LogP contribution >= 0.6 is 0 Å². The van der Waals surface area contributed by atoms with Gasteiger partial charge in [0.2, 0.25) is 5.91 Å². The lowest BCUT2D eigenvalue weighted by molar-refractivity contribution is -0.116. The van der Waals surface area contributed by atoms with Crippen LogP contribution in [0.2, 0.25) is 0 Å². The Balaban J connectivity index is 3.02. The highest BCUT2D eigenvalue weighted by atomic mass is 16.2. The molecular formula is C9H12N2O. The first-order chi connectivity index (χ1) is 5.63. The van der Waals surface area contributed by atoms with E-state index >= 15 is 0 Å². The number of rotatable bonds is 1. The van der Waals surface area contributed by atoms with Gasteiger partial charge < -0.3 is 10.6 Å². The Morgan fingerprint density at radius 3 is 2.50 bits per heavy atom. The molecule has 3 nitrogen and oxygen atoms in total. The van der Waals surface area contributed by atoms with E-state index in [1.807, 2.05) is 18.2 Å². The molecule has 0 aliphatic heterocycles. The number of nitrogens with zero attached hydrogens (tertiary/aromatic N) is 1. The Labute approximate surface area is 71.8 Å². The lowest BCUT2D eigenvalue weighted by Crippen LogP contribution is -2.23. The first-order valence-corrected chi connectivity index (χ1v) is 3.71. The summed E-state index contributed by atoms with van der Waals surface area (Å²) in [7, 11) is 1.70. The molecule has 12 heavy (non-hydrogen) atoms. The molecule has 2 N–H and O–H groups in total. The summed E-state index contributed by atoms with van der Waals surface area (Å²) in [5.74, 6) is -0.0205. The lowest BCUT2D eigenvalue weighted by atomic mass is 10.2. The average molecular weight is 164 g/mol. The predicted octanol–water partition coefficient (Wildman–Crippen LogP) is 1.25. The second kappa shape index (κ2) is 3.26. The first kappa shape index (κ1) is 8.59. The Bertz CT molecular complexity index is 296.